The molecule has 0 unspecified atom stereocenters. The summed E-state index contributed by atoms with van der Waals surface area (Å²) in [6, 6.07) is 8.00. The smallest absolute Gasteiger partial charge is 0.138 e. The number of hydrogen-bond acceptors (Lipinski definition) is 3. The van der Waals surface area contributed by atoms with E-state index in [1.54, 1.807) is 6.07 Å². The highest BCUT2D eigenvalue weighted by Crippen LogP contribution is 2.24. The molecule has 1 aliphatic carbocycles. The van der Waals surface area contributed by atoms with Gasteiger partial charge >= 0.3 is 0 Å². The number of halogens is 1. The first-order chi connectivity index (χ1) is 10.2. The van der Waals surface area contributed by atoms with Crippen LogP contribution in [0, 0.1) is 0 Å². The van der Waals surface area contributed by atoms with Gasteiger partial charge in [0.05, 0.1) is 5.02 Å². The Morgan fingerprint density at radius 2 is 2.00 bits per heavy atom. The first kappa shape index (κ1) is 16.6. The van der Waals surface area contributed by atoms with Gasteiger partial charge in [-0.05, 0) is 31.5 Å². The van der Waals surface area contributed by atoms with Gasteiger partial charge < -0.3 is 9.84 Å². The Labute approximate surface area is 132 Å². The molecular formula is C17H26ClNO2. The Kier molecular flexibility index (Phi) is 6.81. The van der Waals surface area contributed by atoms with Crippen LogP contribution in [0.4, 0.5) is 0 Å². The lowest BCUT2D eigenvalue weighted by molar-refractivity contribution is 0.0464. The first-order valence-corrected chi connectivity index (χ1v) is 8.38. The topological polar surface area (TPSA) is 32.7 Å². The molecule has 0 amide bonds. The molecule has 1 N–H and O–H groups in total. The average Bonchev–Trinajstić information content (AvgIpc) is 2.52. The lowest BCUT2D eigenvalue weighted by atomic mass is 9.94. The molecule has 0 aromatic heterocycles. The van der Waals surface area contributed by atoms with Crippen molar-refractivity contribution >= 4 is 11.6 Å². The van der Waals surface area contributed by atoms with Gasteiger partial charge in [-0.3, -0.25) is 4.90 Å². The quantitative estimate of drug-likeness (QED) is 0.832. The Morgan fingerprint density at radius 3 is 2.67 bits per heavy atom. The van der Waals surface area contributed by atoms with Gasteiger partial charge in [0, 0.05) is 12.6 Å². The summed E-state index contributed by atoms with van der Waals surface area (Å²) in [6.45, 7) is 4.10. The van der Waals surface area contributed by atoms with Crippen LogP contribution in [0.1, 0.15) is 39.0 Å². The maximum absolute atomic E-state index is 10.2. The molecular weight excluding hydrogens is 286 g/mol. The number of aliphatic hydroxyl groups excluding tert-OH is 1. The molecule has 1 aromatic rings. The molecule has 0 heterocycles. The largest absolute Gasteiger partial charge is 0.489 e. The second-order valence-corrected chi connectivity index (χ2v) is 6.18. The van der Waals surface area contributed by atoms with Gasteiger partial charge in [0.25, 0.3) is 0 Å². The van der Waals surface area contributed by atoms with E-state index in [0.717, 1.165) is 6.54 Å². The van der Waals surface area contributed by atoms with Crippen molar-refractivity contribution in [2.45, 2.75) is 51.2 Å². The Hall–Kier alpha value is -0.770. The standard InChI is InChI=1S/C17H26ClNO2/c1-2-19(14-8-4-3-5-9-14)12-15(20)13-21-17-11-7-6-10-16(17)18/h6-7,10-11,14-15,20H,2-5,8-9,12-13H2,1H3/t15-/m0/s1. The fourth-order valence-electron chi connectivity index (χ4n) is 3.05. The maximum Gasteiger partial charge on any atom is 0.138 e. The van der Waals surface area contributed by atoms with E-state index < -0.39 is 6.10 Å². The highest BCUT2D eigenvalue weighted by Gasteiger charge is 2.22. The normalized spacial score (nSPS) is 17.9. The van der Waals surface area contributed by atoms with Crippen LogP contribution in [0.25, 0.3) is 0 Å². The van der Waals surface area contributed by atoms with Crippen molar-refractivity contribution in [2.24, 2.45) is 0 Å². The van der Waals surface area contributed by atoms with Crippen LogP contribution >= 0.6 is 11.6 Å². The average molecular weight is 312 g/mol. The number of benzene rings is 1. The Balaban J connectivity index is 1.79. The zero-order valence-corrected chi connectivity index (χ0v) is 13.6. The second kappa shape index (κ2) is 8.62. The number of nitrogens with zero attached hydrogens (tertiary/aromatic N) is 1. The summed E-state index contributed by atoms with van der Waals surface area (Å²) in [5.41, 5.74) is 0. The van der Waals surface area contributed by atoms with Crippen LogP contribution in [0.3, 0.4) is 0 Å². The molecule has 21 heavy (non-hydrogen) atoms. The van der Waals surface area contributed by atoms with Crippen LogP contribution in [0.5, 0.6) is 5.75 Å². The molecule has 0 radical (unpaired) electrons. The summed E-state index contributed by atoms with van der Waals surface area (Å²) in [4.78, 5) is 2.39. The van der Waals surface area contributed by atoms with E-state index in [1.807, 2.05) is 18.2 Å². The predicted molar refractivity (Wildman–Crippen MR) is 87.1 cm³/mol. The minimum atomic E-state index is -0.483. The molecule has 0 saturated heterocycles. The highest BCUT2D eigenvalue weighted by atomic mass is 35.5. The fraction of sp³-hybridized carbons (Fsp3) is 0.647. The van der Waals surface area contributed by atoms with Crippen LogP contribution in [0.15, 0.2) is 24.3 Å². The van der Waals surface area contributed by atoms with Gasteiger partial charge in [0.15, 0.2) is 0 Å². The molecule has 3 nitrogen and oxygen atoms in total. The van der Waals surface area contributed by atoms with Crippen molar-refractivity contribution in [2.75, 3.05) is 19.7 Å². The minimum absolute atomic E-state index is 0.285. The summed E-state index contributed by atoms with van der Waals surface area (Å²) in [6.07, 6.45) is 6.01. The molecule has 0 bridgehead atoms. The number of likely N-dealkylation sites (N-methyl/N-ethyl adjacent to an activating group) is 1. The van der Waals surface area contributed by atoms with E-state index in [-0.39, 0.29) is 6.61 Å². The highest BCUT2D eigenvalue weighted by molar-refractivity contribution is 6.32. The van der Waals surface area contributed by atoms with Gasteiger partial charge in [0.2, 0.25) is 0 Å². The van der Waals surface area contributed by atoms with E-state index >= 15 is 0 Å². The Bertz CT molecular complexity index is 421. The molecule has 1 atom stereocenters. The predicted octanol–water partition coefficient (Wildman–Crippen LogP) is 3.73. The molecule has 0 aliphatic heterocycles. The molecule has 118 valence electrons. The van der Waals surface area contributed by atoms with Crippen molar-refractivity contribution in [1.29, 1.82) is 0 Å². The number of ether oxygens (including phenoxy) is 1. The van der Waals surface area contributed by atoms with Crippen molar-refractivity contribution in [1.82, 2.24) is 4.90 Å². The van der Waals surface area contributed by atoms with E-state index in [1.165, 1.54) is 32.1 Å². The van der Waals surface area contributed by atoms with Crippen molar-refractivity contribution in [3.05, 3.63) is 29.3 Å². The number of para-hydroxylation sites is 1. The van der Waals surface area contributed by atoms with Gasteiger partial charge in [0.1, 0.15) is 18.5 Å². The molecule has 0 spiro atoms. The first-order valence-electron chi connectivity index (χ1n) is 8.00. The van der Waals surface area contributed by atoms with Crippen LogP contribution in [-0.2, 0) is 0 Å². The van der Waals surface area contributed by atoms with Crippen LogP contribution < -0.4 is 4.74 Å². The SMILES string of the molecule is CCN(C[C@H](O)COc1ccccc1Cl)C1CCCCC1. The lowest BCUT2D eigenvalue weighted by Gasteiger charge is -2.34. The van der Waals surface area contributed by atoms with Gasteiger partial charge in [-0.25, -0.2) is 0 Å². The van der Waals surface area contributed by atoms with E-state index in [4.69, 9.17) is 16.3 Å². The number of rotatable bonds is 7. The summed E-state index contributed by atoms with van der Waals surface area (Å²) < 4.78 is 5.62. The fourth-order valence-corrected chi connectivity index (χ4v) is 3.24. The number of aliphatic hydroxyl groups is 1. The third-order valence-corrected chi connectivity index (χ3v) is 4.52. The molecule has 1 aliphatic rings. The van der Waals surface area contributed by atoms with Gasteiger partial charge in [-0.15, -0.1) is 0 Å². The van der Waals surface area contributed by atoms with E-state index in [9.17, 15) is 5.11 Å². The van der Waals surface area contributed by atoms with Crippen LogP contribution in [0.2, 0.25) is 5.02 Å². The van der Waals surface area contributed by atoms with Gasteiger partial charge in [-0.1, -0.05) is 49.9 Å². The molecule has 1 saturated carbocycles. The summed E-state index contributed by atoms with van der Waals surface area (Å²) in [5, 5.41) is 10.8. The molecule has 2 rings (SSSR count). The second-order valence-electron chi connectivity index (χ2n) is 5.77. The van der Waals surface area contributed by atoms with E-state index in [2.05, 4.69) is 11.8 Å². The zero-order valence-electron chi connectivity index (χ0n) is 12.8. The third kappa shape index (κ3) is 5.17. The summed E-state index contributed by atoms with van der Waals surface area (Å²) >= 11 is 6.05. The lowest BCUT2D eigenvalue weighted by Crippen LogP contribution is -2.43. The third-order valence-electron chi connectivity index (χ3n) is 4.21. The molecule has 1 fully saturated rings. The Morgan fingerprint density at radius 1 is 1.29 bits per heavy atom. The minimum Gasteiger partial charge on any atom is -0.489 e. The van der Waals surface area contributed by atoms with Crippen molar-refractivity contribution in [3.8, 4) is 5.75 Å². The molecule has 4 heteroatoms. The van der Waals surface area contributed by atoms with Crippen molar-refractivity contribution in [3.63, 3.8) is 0 Å². The van der Waals surface area contributed by atoms with Crippen LogP contribution in [-0.4, -0.2) is 41.8 Å². The monoisotopic (exact) mass is 311 g/mol. The summed E-state index contributed by atoms with van der Waals surface area (Å²) in [7, 11) is 0. The van der Waals surface area contributed by atoms with E-state index in [0.29, 0.717) is 23.4 Å². The maximum atomic E-state index is 10.2. The zero-order chi connectivity index (χ0) is 15.1. The van der Waals surface area contributed by atoms with Gasteiger partial charge in [-0.2, -0.15) is 0 Å². The summed E-state index contributed by atoms with van der Waals surface area (Å²) in [5.74, 6) is 0.638. The molecule has 1 aromatic carbocycles. The van der Waals surface area contributed by atoms with Crippen molar-refractivity contribution < 1.29 is 9.84 Å². The number of hydrogen-bond donors (Lipinski definition) is 1.